The maximum Gasteiger partial charge on any atom is 1.00 e. The summed E-state index contributed by atoms with van der Waals surface area (Å²) in [5.41, 5.74) is 0. The fourth-order valence-electron chi connectivity index (χ4n) is 0.524. The minimum Gasteiger partial charge on any atom is -0.429 e. The van der Waals surface area contributed by atoms with E-state index in [0.29, 0.717) is 12.2 Å². The van der Waals surface area contributed by atoms with E-state index in [1.165, 1.54) is 0 Å². The van der Waals surface area contributed by atoms with Gasteiger partial charge in [0.2, 0.25) is 0 Å². The third kappa shape index (κ3) is 0.869. The zero-order valence-corrected chi connectivity index (χ0v) is 4.26. The van der Waals surface area contributed by atoms with Gasteiger partial charge in [-0.3, -0.25) is 4.79 Å². The van der Waals surface area contributed by atoms with Crippen LogP contribution in [-0.4, -0.2) is 17.7 Å². The van der Waals surface area contributed by atoms with Crippen LogP contribution in [0.1, 0.15) is 7.85 Å². The maximum absolute atomic E-state index is 10.2. The molecule has 0 unspecified atom stereocenters. The fraction of sp³-hybridized carbons (Fsp3) is 0.400. The first kappa shape index (κ1) is 5.31. The van der Waals surface area contributed by atoms with E-state index < -0.39 is 0 Å². The van der Waals surface area contributed by atoms with Crippen molar-refractivity contribution in [2.45, 2.75) is 6.42 Å². The Labute approximate surface area is 48.1 Å². The monoisotopic (exact) mass is 115 g/mol. The summed E-state index contributed by atoms with van der Waals surface area (Å²) >= 11 is 0. The maximum atomic E-state index is 10.2. The molecule has 0 saturated carbocycles. The van der Waals surface area contributed by atoms with E-state index in [9.17, 15) is 4.79 Å². The molecule has 1 rings (SSSR count). The average Bonchev–Trinajstić information content (AvgIpc) is 2.14. The predicted octanol–water partition coefficient (Wildman–Crippen LogP) is -0.0780. The quantitative estimate of drug-likeness (QED) is 0.486. The number of aliphatic hydroxyl groups excluding tert-OH is 1. The Balaban J connectivity index is 0.000000640. The summed E-state index contributed by atoms with van der Waals surface area (Å²) in [6.45, 7) is -0.175. The van der Waals surface area contributed by atoms with Crippen LogP contribution in [0.25, 0.3) is 0 Å². The minimum atomic E-state index is -0.283. The third-order valence-electron chi connectivity index (χ3n) is 0.897. The smallest absolute Gasteiger partial charge is 0.429 e. The Bertz CT molecular complexity index is 141. The first-order chi connectivity index (χ1) is 3.83. The summed E-state index contributed by atoms with van der Waals surface area (Å²) in [5, 5.41) is 8.34. The van der Waals surface area contributed by atoms with Crippen LogP contribution in [0.15, 0.2) is 11.8 Å². The van der Waals surface area contributed by atoms with E-state index in [1.54, 1.807) is 6.08 Å². The van der Waals surface area contributed by atoms with Gasteiger partial charge in [-0.2, -0.15) is 0 Å². The lowest BCUT2D eigenvalue weighted by molar-refractivity contribution is -0.137. The second-order valence-electron chi connectivity index (χ2n) is 1.51. The van der Waals surface area contributed by atoms with Crippen LogP contribution in [0.4, 0.5) is 0 Å². The first-order valence-corrected chi connectivity index (χ1v) is 2.33. The second-order valence-corrected chi connectivity index (χ2v) is 1.51. The minimum absolute atomic E-state index is 0. The summed E-state index contributed by atoms with van der Waals surface area (Å²) in [6, 6.07) is 0. The Hall–Kier alpha value is -0.830. The second kappa shape index (κ2) is 1.96. The Morgan fingerprint density at radius 2 is 2.75 bits per heavy atom. The van der Waals surface area contributed by atoms with E-state index in [-0.39, 0.29) is 14.0 Å². The van der Waals surface area contributed by atoms with Gasteiger partial charge in [0, 0.05) is 0 Å². The lowest BCUT2D eigenvalue weighted by Gasteiger charge is -1.92. The fourth-order valence-corrected chi connectivity index (χ4v) is 0.524. The van der Waals surface area contributed by atoms with Crippen LogP contribution in [-0.2, 0) is 9.53 Å². The van der Waals surface area contributed by atoms with Gasteiger partial charge < -0.3 is 9.84 Å². The summed E-state index contributed by atoms with van der Waals surface area (Å²) < 4.78 is 4.48. The van der Waals surface area contributed by atoms with Crippen LogP contribution in [0, 0.1) is 0 Å². The van der Waals surface area contributed by atoms with Crippen molar-refractivity contribution >= 4 is 5.97 Å². The number of esters is 1. The highest BCUT2D eigenvalue weighted by molar-refractivity contribution is 5.75. The Morgan fingerprint density at radius 1 is 2.00 bits per heavy atom. The van der Waals surface area contributed by atoms with Gasteiger partial charge in [0.05, 0.1) is 6.42 Å². The summed E-state index contributed by atoms with van der Waals surface area (Å²) in [5.74, 6) is 0.0871. The molecule has 3 heteroatoms. The molecule has 0 aromatic heterocycles. The molecule has 1 N–H and O–H groups in total. The molecule has 44 valence electrons. The van der Waals surface area contributed by atoms with E-state index in [1.807, 2.05) is 0 Å². The number of hydrogen-bond acceptors (Lipinski definition) is 3. The van der Waals surface area contributed by atoms with Crippen molar-refractivity contribution in [1.29, 1.82) is 0 Å². The number of ether oxygens (including phenoxy) is 1. The normalized spacial score (nSPS) is 18.1. The van der Waals surface area contributed by atoms with Gasteiger partial charge in [0.25, 0.3) is 0 Å². The third-order valence-corrected chi connectivity index (χ3v) is 0.897. The molecule has 0 aliphatic carbocycles. The van der Waals surface area contributed by atoms with Gasteiger partial charge >= 0.3 is 7.40 Å². The van der Waals surface area contributed by atoms with Crippen molar-refractivity contribution in [2.24, 2.45) is 0 Å². The van der Waals surface area contributed by atoms with Crippen LogP contribution >= 0.6 is 0 Å². The molecule has 0 amide bonds. The molecule has 0 spiro atoms. The van der Waals surface area contributed by atoms with Gasteiger partial charge in [-0.25, -0.2) is 0 Å². The number of aliphatic hydroxyl groups is 1. The van der Waals surface area contributed by atoms with Crippen LogP contribution < -0.4 is 0 Å². The molecule has 0 saturated heterocycles. The number of carbonyl (C=O) groups is 1. The van der Waals surface area contributed by atoms with E-state index in [4.69, 9.17) is 5.11 Å². The molecule has 8 heavy (non-hydrogen) atoms. The van der Waals surface area contributed by atoms with Crippen LogP contribution in [0.5, 0.6) is 0 Å². The lowest BCUT2D eigenvalue weighted by Crippen LogP contribution is -1.96. The van der Waals surface area contributed by atoms with Crippen LogP contribution in [0.2, 0.25) is 0 Å². The number of cyclic esters (lactones) is 1. The average molecular weight is 115 g/mol. The molecular formula is C5H7O3+. The van der Waals surface area contributed by atoms with Crippen molar-refractivity contribution in [3.63, 3.8) is 0 Å². The SMILES string of the molecule is O=C1CC=C(CO)O1.[H+]. The van der Waals surface area contributed by atoms with Crippen molar-refractivity contribution in [1.82, 2.24) is 0 Å². The molecule has 0 fully saturated rings. The predicted molar refractivity (Wildman–Crippen MR) is 27.0 cm³/mol. The zero-order valence-electron chi connectivity index (χ0n) is 5.26. The molecule has 3 nitrogen and oxygen atoms in total. The van der Waals surface area contributed by atoms with E-state index in [0.717, 1.165) is 0 Å². The largest absolute Gasteiger partial charge is 1.00 e. The topological polar surface area (TPSA) is 46.5 Å². The standard InChI is InChI=1S/C5H6O3/c6-3-4-1-2-5(7)8-4/h1,6H,2-3H2/p+1. The van der Waals surface area contributed by atoms with E-state index >= 15 is 0 Å². The zero-order chi connectivity index (χ0) is 5.98. The van der Waals surface area contributed by atoms with Gasteiger partial charge in [0.1, 0.15) is 12.4 Å². The van der Waals surface area contributed by atoms with Gasteiger partial charge in [-0.1, -0.05) is 0 Å². The van der Waals surface area contributed by atoms with Gasteiger partial charge in [-0.15, -0.1) is 0 Å². The number of hydrogen-bond donors (Lipinski definition) is 1. The summed E-state index contributed by atoms with van der Waals surface area (Å²) in [6.07, 6.45) is 1.87. The lowest BCUT2D eigenvalue weighted by atomic mass is 10.4. The Kier molecular flexibility index (Phi) is 1.30. The molecule has 1 aliphatic heterocycles. The molecule has 0 bridgehead atoms. The highest BCUT2D eigenvalue weighted by Crippen LogP contribution is 2.08. The van der Waals surface area contributed by atoms with Crippen molar-refractivity contribution in [3.8, 4) is 0 Å². The van der Waals surface area contributed by atoms with Crippen LogP contribution in [0.3, 0.4) is 0 Å². The summed E-state index contributed by atoms with van der Waals surface area (Å²) in [4.78, 5) is 10.2. The molecule has 0 radical (unpaired) electrons. The summed E-state index contributed by atoms with van der Waals surface area (Å²) in [7, 11) is 0. The number of carbonyl (C=O) groups excluding carboxylic acids is 1. The molecule has 0 atom stereocenters. The highest BCUT2D eigenvalue weighted by atomic mass is 16.5. The van der Waals surface area contributed by atoms with Crippen molar-refractivity contribution in [2.75, 3.05) is 6.61 Å². The first-order valence-electron chi connectivity index (χ1n) is 2.33. The number of rotatable bonds is 1. The van der Waals surface area contributed by atoms with Crippen molar-refractivity contribution < 1.29 is 16.1 Å². The molecule has 0 aromatic rings. The highest BCUT2D eigenvalue weighted by Gasteiger charge is 2.11. The molecule has 0 aromatic carbocycles. The molecular weight excluding hydrogens is 108 g/mol. The molecule has 1 heterocycles. The van der Waals surface area contributed by atoms with E-state index in [2.05, 4.69) is 4.74 Å². The molecule has 1 aliphatic rings. The van der Waals surface area contributed by atoms with Crippen molar-refractivity contribution in [3.05, 3.63) is 11.8 Å². The van der Waals surface area contributed by atoms with Gasteiger partial charge in [0.15, 0.2) is 0 Å². The Morgan fingerprint density at radius 3 is 3.00 bits per heavy atom. The van der Waals surface area contributed by atoms with Gasteiger partial charge in [-0.05, 0) is 6.08 Å².